The molecule has 1 heteroatoms. The summed E-state index contributed by atoms with van der Waals surface area (Å²) in [6, 6.07) is 0. The second kappa shape index (κ2) is 6.09. The van der Waals surface area contributed by atoms with Gasteiger partial charge in [0.05, 0.1) is 12.7 Å². The number of ether oxygens (including phenoxy) is 1. The van der Waals surface area contributed by atoms with Gasteiger partial charge >= 0.3 is 0 Å². The Hall–Kier alpha value is -0.0400. The fraction of sp³-hybridized carbons (Fsp3) is 0.875. The van der Waals surface area contributed by atoms with Gasteiger partial charge in [-0.3, -0.25) is 0 Å². The topological polar surface area (TPSA) is 9.23 Å². The minimum atomic E-state index is 0.458. The minimum Gasteiger partial charge on any atom is -0.373 e. The predicted octanol–water partition coefficient (Wildman–Crippen LogP) is 2.76. The van der Waals surface area contributed by atoms with E-state index < -0.39 is 0 Å². The summed E-state index contributed by atoms with van der Waals surface area (Å²) >= 11 is 0. The predicted molar refractivity (Wildman–Crippen MR) is 40.0 cm³/mol. The zero-order chi connectivity index (χ0) is 7.11. The molecular weight excluding hydrogens is 112 g/mol. The molecule has 0 rings (SSSR count). The van der Waals surface area contributed by atoms with E-state index in [9.17, 15) is 0 Å². The summed E-state index contributed by atoms with van der Waals surface area (Å²) in [7, 11) is 0. The molecule has 9 heavy (non-hydrogen) atoms. The van der Waals surface area contributed by atoms with Gasteiger partial charge in [-0.1, -0.05) is 20.3 Å². The molecule has 0 aliphatic heterocycles. The standard InChI is InChI=1S/C8H17O/c1-4-7-8(5-2)9-6-3/h6,8H,4-5,7H2,1-3H3. The molecule has 1 atom stereocenters. The van der Waals surface area contributed by atoms with Gasteiger partial charge in [0.25, 0.3) is 0 Å². The highest BCUT2D eigenvalue weighted by atomic mass is 16.5. The maximum atomic E-state index is 5.31. The van der Waals surface area contributed by atoms with Crippen molar-refractivity contribution in [3.63, 3.8) is 0 Å². The normalized spacial score (nSPS) is 13.7. The smallest absolute Gasteiger partial charge is 0.0809 e. The van der Waals surface area contributed by atoms with Crippen LogP contribution in [-0.2, 0) is 4.74 Å². The third-order valence-corrected chi connectivity index (χ3v) is 1.39. The average molecular weight is 129 g/mol. The highest BCUT2D eigenvalue weighted by Gasteiger charge is 2.01. The molecule has 55 valence electrons. The van der Waals surface area contributed by atoms with Crippen molar-refractivity contribution >= 4 is 0 Å². The molecule has 1 radical (unpaired) electrons. The molecule has 1 unspecified atom stereocenters. The molecule has 0 aromatic rings. The van der Waals surface area contributed by atoms with E-state index in [0.29, 0.717) is 6.10 Å². The first-order valence-electron chi connectivity index (χ1n) is 3.78. The van der Waals surface area contributed by atoms with Crippen molar-refractivity contribution in [2.24, 2.45) is 0 Å². The maximum Gasteiger partial charge on any atom is 0.0809 e. The Morgan fingerprint density at radius 3 is 2.44 bits per heavy atom. The van der Waals surface area contributed by atoms with Crippen LogP contribution in [0.3, 0.4) is 0 Å². The van der Waals surface area contributed by atoms with Gasteiger partial charge < -0.3 is 4.74 Å². The quantitative estimate of drug-likeness (QED) is 0.554. The zero-order valence-corrected chi connectivity index (χ0v) is 6.68. The monoisotopic (exact) mass is 129 g/mol. The molecule has 0 N–H and O–H groups in total. The largest absolute Gasteiger partial charge is 0.373 e. The van der Waals surface area contributed by atoms with Gasteiger partial charge in [-0.2, -0.15) is 0 Å². The molecule has 0 heterocycles. The van der Waals surface area contributed by atoms with E-state index in [0.717, 1.165) is 6.42 Å². The molecule has 0 spiro atoms. The van der Waals surface area contributed by atoms with Crippen molar-refractivity contribution in [3.8, 4) is 0 Å². The molecule has 1 nitrogen and oxygen atoms in total. The molecule has 0 fully saturated rings. The Bertz CT molecular complexity index is 46.5. The molecule has 0 aliphatic carbocycles. The number of hydrogen-bond acceptors (Lipinski definition) is 1. The highest BCUT2D eigenvalue weighted by molar-refractivity contribution is 4.55. The Labute approximate surface area is 58.4 Å². The van der Waals surface area contributed by atoms with Crippen LogP contribution in [0, 0.1) is 6.61 Å². The lowest BCUT2D eigenvalue weighted by molar-refractivity contribution is 0.0975. The summed E-state index contributed by atoms with van der Waals surface area (Å²) in [5.41, 5.74) is 0. The van der Waals surface area contributed by atoms with E-state index in [1.165, 1.54) is 12.8 Å². The number of hydrogen-bond donors (Lipinski definition) is 0. The van der Waals surface area contributed by atoms with E-state index in [4.69, 9.17) is 4.74 Å². The molecule has 0 saturated carbocycles. The first-order chi connectivity index (χ1) is 4.35. The Balaban J connectivity index is 3.18. The molecule has 0 amide bonds. The van der Waals surface area contributed by atoms with Crippen LogP contribution in [0.4, 0.5) is 0 Å². The maximum absolute atomic E-state index is 5.31. The lowest BCUT2D eigenvalue weighted by atomic mass is 10.2. The fourth-order valence-corrected chi connectivity index (χ4v) is 0.883. The van der Waals surface area contributed by atoms with Gasteiger partial charge in [0.15, 0.2) is 0 Å². The minimum absolute atomic E-state index is 0.458. The lowest BCUT2D eigenvalue weighted by Crippen LogP contribution is -2.08. The van der Waals surface area contributed by atoms with E-state index in [-0.39, 0.29) is 0 Å². The number of rotatable bonds is 5. The third kappa shape index (κ3) is 4.46. The molecule has 0 bridgehead atoms. The second-order valence-corrected chi connectivity index (χ2v) is 2.19. The van der Waals surface area contributed by atoms with Gasteiger partial charge in [-0.05, 0) is 19.8 Å². The molecule has 0 aromatic heterocycles. The van der Waals surface area contributed by atoms with Crippen LogP contribution >= 0.6 is 0 Å². The van der Waals surface area contributed by atoms with E-state index >= 15 is 0 Å². The molecular formula is C8H17O. The van der Waals surface area contributed by atoms with Crippen molar-refractivity contribution in [1.82, 2.24) is 0 Å². The molecule has 0 aliphatic rings. The van der Waals surface area contributed by atoms with Crippen LogP contribution in [0.25, 0.3) is 0 Å². The van der Waals surface area contributed by atoms with Crippen LogP contribution in [-0.4, -0.2) is 6.10 Å². The van der Waals surface area contributed by atoms with Gasteiger partial charge in [0.1, 0.15) is 0 Å². The summed E-state index contributed by atoms with van der Waals surface area (Å²) in [6.45, 7) is 8.05. The zero-order valence-electron chi connectivity index (χ0n) is 6.68. The Morgan fingerprint density at radius 2 is 2.11 bits per heavy atom. The van der Waals surface area contributed by atoms with Crippen molar-refractivity contribution in [3.05, 3.63) is 6.61 Å². The van der Waals surface area contributed by atoms with E-state index in [1.807, 2.05) is 6.92 Å². The summed E-state index contributed by atoms with van der Waals surface area (Å²) in [4.78, 5) is 0. The third-order valence-electron chi connectivity index (χ3n) is 1.39. The van der Waals surface area contributed by atoms with Crippen LogP contribution in [0.5, 0.6) is 0 Å². The van der Waals surface area contributed by atoms with Crippen molar-refractivity contribution in [2.45, 2.75) is 46.1 Å². The van der Waals surface area contributed by atoms with Crippen molar-refractivity contribution < 1.29 is 4.74 Å². The Morgan fingerprint density at radius 1 is 1.44 bits per heavy atom. The first-order valence-corrected chi connectivity index (χ1v) is 3.78. The molecule has 0 saturated heterocycles. The SMILES string of the molecule is C[CH]OC(CC)CCC. The van der Waals surface area contributed by atoms with Gasteiger partial charge in [0, 0.05) is 0 Å². The summed E-state index contributed by atoms with van der Waals surface area (Å²) < 4.78 is 5.31. The van der Waals surface area contributed by atoms with Gasteiger partial charge in [0.2, 0.25) is 0 Å². The van der Waals surface area contributed by atoms with Crippen LogP contribution in [0.1, 0.15) is 40.0 Å². The Kier molecular flexibility index (Phi) is 6.06. The first kappa shape index (κ1) is 8.96. The van der Waals surface area contributed by atoms with Gasteiger partial charge in [-0.25, -0.2) is 0 Å². The van der Waals surface area contributed by atoms with Crippen LogP contribution < -0.4 is 0 Å². The fourth-order valence-electron chi connectivity index (χ4n) is 0.883. The van der Waals surface area contributed by atoms with Gasteiger partial charge in [-0.15, -0.1) is 0 Å². The summed E-state index contributed by atoms with van der Waals surface area (Å²) in [5, 5.41) is 0. The molecule has 0 aromatic carbocycles. The van der Waals surface area contributed by atoms with Crippen molar-refractivity contribution in [1.29, 1.82) is 0 Å². The second-order valence-electron chi connectivity index (χ2n) is 2.19. The average Bonchev–Trinajstić information content (AvgIpc) is 1.88. The van der Waals surface area contributed by atoms with E-state index in [1.54, 1.807) is 6.61 Å². The summed E-state index contributed by atoms with van der Waals surface area (Å²) in [6.07, 6.45) is 3.98. The van der Waals surface area contributed by atoms with Crippen LogP contribution in [0.15, 0.2) is 0 Å². The lowest BCUT2D eigenvalue weighted by Gasteiger charge is -2.12. The van der Waals surface area contributed by atoms with Crippen LogP contribution in [0.2, 0.25) is 0 Å². The summed E-state index contributed by atoms with van der Waals surface area (Å²) in [5.74, 6) is 0. The highest BCUT2D eigenvalue weighted by Crippen LogP contribution is 2.06. The van der Waals surface area contributed by atoms with Crippen molar-refractivity contribution in [2.75, 3.05) is 0 Å². The van der Waals surface area contributed by atoms with E-state index in [2.05, 4.69) is 13.8 Å².